The molecule has 0 amide bonds. The zero-order valence-electron chi connectivity index (χ0n) is 13.9. The molecule has 5 heteroatoms. The maximum atomic E-state index is 12.6. The third-order valence-corrected chi connectivity index (χ3v) is 3.89. The summed E-state index contributed by atoms with van der Waals surface area (Å²) in [7, 11) is 2.92. The lowest BCUT2D eigenvalue weighted by molar-refractivity contribution is 0.0603. The molecule has 2 aromatic carbocycles. The number of fused-ring (bicyclic) bond motifs is 1. The Morgan fingerprint density at radius 2 is 1.72 bits per heavy atom. The summed E-state index contributed by atoms with van der Waals surface area (Å²) >= 11 is 0. The first-order valence-corrected chi connectivity index (χ1v) is 7.69. The summed E-state index contributed by atoms with van der Waals surface area (Å²) in [5, 5.41) is 0.681. The van der Waals surface area contributed by atoms with Gasteiger partial charge in [-0.25, -0.2) is 4.79 Å². The Balaban J connectivity index is 1.94. The summed E-state index contributed by atoms with van der Waals surface area (Å²) in [4.78, 5) is 24.5. The van der Waals surface area contributed by atoms with Crippen LogP contribution >= 0.6 is 0 Å². The van der Waals surface area contributed by atoms with Gasteiger partial charge in [0.2, 0.25) is 0 Å². The fourth-order valence-corrected chi connectivity index (χ4v) is 2.60. The zero-order chi connectivity index (χ0) is 17.8. The first-order valence-electron chi connectivity index (χ1n) is 7.69. The molecule has 3 aromatic rings. The summed E-state index contributed by atoms with van der Waals surface area (Å²) < 4.78 is 11.4. The van der Waals surface area contributed by atoms with Crippen molar-refractivity contribution >= 4 is 28.9 Å². The molecule has 0 unspecified atom stereocenters. The number of benzene rings is 2. The van der Waals surface area contributed by atoms with Gasteiger partial charge in [-0.05, 0) is 29.8 Å². The topological polar surface area (TPSA) is 57.5 Å². The molecule has 0 saturated carbocycles. The maximum absolute atomic E-state index is 12.6. The predicted molar refractivity (Wildman–Crippen MR) is 95.9 cm³/mol. The van der Waals surface area contributed by atoms with E-state index in [9.17, 15) is 9.59 Å². The van der Waals surface area contributed by atoms with E-state index in [0.717, 1.165) is 11.3 Å². The second kappa shape index (κ2) is 7.05. The monoisotopic (exact) mass is 335 g/mol. The third-order valence-electron chi connectivity index (χ3n) is 3.89. The summed E-state index contributed by atoms with van der Waals surface area (Å²) in [6.07, 6.45) is 4.70. The van der Waals surface area contributed by atoms with Gasteiger partial charge in [0.1, 0.15) is 5.75 Å². The van der Waals surface area contributed by atoms with E-state index in [1.54, 1.807) is 25.3 Å². The van der Waals surface area contributed by atoms with Gasteiger partial charge in [0, 0.05) is 17.7 Å². The number of aromatic nitrogens is 1. The van der Waals surface area contributed by atoms with E-state index < -0.39 is 5.97 Å². The largest absolute Gasteiger partial charge is 0.497 e. The second-order valence-electron chi connectivity index (χ2n) is 5.37. The van der Waals surface area contributed by atoms with Crippen molar-refractivity contribution in [1.82, 2.24) is 4.57 Å². The number of methoxy groups -OCH3 is 2. The molecule has 126 valence electrons. The van der Waals surface area contributed by atoms with Gasteiger partial charge in [-0.3, -0.25) is 9.36 Å². The molecule has 0 saturated heterocycles. The van der Waals surface area contributed by atoms with E-state index in [1.165, 1.54) is 23.9 Å². The number of hydrogen-bond donors (Lipinski definition) is 0. The number of para-hydroxylation sites is 1. The van der Waals surface area contributed by atoms with Gasteiger partial charge in [-0.1, -0.05) is 30.3 Å². The SMILES string of the molecule is COC(=O)c1cn(C(=O)/C=C/c2ccc(OC)cc2)c2ccccc12. The molecule has 0 N–H and O–H groups in total. The number of nitrogens with zero attached hydrogens (tertiary/aromatic N) is 1. The molecule has 0 aliphatic rings. The average Bonchev–Trinajstić information content (AvgIpc) is 3.05. The number of ether oxygens (including phenoxy) is 2. The van der Waals surface area contributed by atoms with Gasteiger partial charge in [-0.15, -0.1) is 0 Å². The highest BCUT2D eigenvalue weighted by Gasteiger charge is 2.17. The van der Waals surface area contributed by atoms with Crippen molar-refractivity contribution in [2.24, 2.45) is 0 Å². The molecule has 3 rings (SSSR count). The number of esters is 1. The van der Waals surface area contributed by atoms with Gasteiger partial charge < -0.3 is 9.47 Å². The van der Waals surface area contributed by atoms with Crippen molar-refractivity contribution in [1.29, 1.82) is 0 Å². The van der Waals surface area contributed by atoms with Crippen LogP contribution in [-0.4, -0.2) is 30.7 Å². The molecule has 0 radical (unpaired) electrons. The Morgan fingerprint density at radius 1 is 1.00 bits per heavy atom. The number of hydrogen-bond acceptors (Lipinski definition) is 4. The number of carbonyl (C=O) groups excluding carboxylic acids is 2. The number of rotatable bonds is 4. The highest BCUT2D eigenvalue weighted by molar-refractivity contribution is 6.09. The molecule has 1 heterocycles. The summed E-state index contributed by atoms with van der Waals surface area (Å²) in [6.45, 7) is 0. The highest BCUT2D eigenvalue weighted by Crippen LogP contribution is 2.22. The van der Waals surface area contributed by atoms with Crippen molar-refractivity contribution < 1.29 is 19.1 Å². The lowest BCUT2D eigenvalue weighted by Crippen LogP contribution is -2.06. The van der Waals surface area contributed by atoms with Crippen LogP contribution in [0.25, 0.3) is 17.0 Å². The molecule has 0 atom stereocenters. The minimum atomic E-state index is -0.470. The van der Waals surface area contributed by atoms with Crippen LogP contribution in [0.4, 0.5) is 0 Å². The molecule has 1 aromatic heterocycles. The first-order chi connectivity index (χ1) is 12.1. The van der Waals surface area contributed by atoms with Crippen molar-refractivity contribution in [2.45, 2.75) is 0 Å². The fourth-order valence-electron chi connectivity index (χ4n) is 2.60. The van der Waals surface area contributed by atoms with Crippen LogP contribution < -0.4 is 4.74 Å². The van der Waals surface area contributed by atoms with Gasteiger partial charge in [-0.2, -0.15) is 0 Å². The number of carbonyl (C=O) groups is 2. The number of allylic oxidation sites excluding steroid dienone is 1. The van der Waals surface area contributed by atoms with E-state index in [-0.39, 0.29) is 5.91 Å². The van der Waals surface area contributed by atoms with Gasteiger partial charge in [0.05, 0.1) is 25.3 Å². The van der Waals surface area contributed by atoms with Crippen LogP contribution in [0.1, 0.15) is 20.7 Å². The zero-order valence-corrected chi connectivity index (χ0v) is 13.9. The Morgan fingerprint density at radius 3 is 2.40 bits per heavy atom. The lowest BCUT2D eigenvalue weighted by atomic mass is 10.2. The van der Waals surface area contributed by atoms with Crippen molar-refractivity contribution in [3.8, 4) is 5.75 Å². The molecular formula is C20H17NO4. The van der Waals surface area contributed by atoms with Crippen LogP contribution in [0.2, 0.25) is 0 Å². The van der Waals surface area contributed by atoms with E-state index in [4.69, 9.17) is 9.47 Å². The standard InChI is InChI=1S/C20H17NO4/c1-24-15-10-7-14(8-11-15)9-12-19(22)21-13-17(20(23)25-2)16-5-3-4-6-18(16)21/h3-13H,1-2H3/b12-9+. The Kier molecular flexibility index (Phi) is 4.66. The van der Waals surface area contributed by atoms with Crippen molar-refractivity contribution in [3.05, 3.63) is 71.9 Å². The van der Waals surface area contributed by atoms with E-state index >= 15 is 0 Å². The van der Waals surface area contributed by atoms with E-state index in [2.05, 4.69) is 0 Å². The third kappa shape index (κ3) is 3.30. The molecule has 0 aliphatic heterocycles. The van der Waals surface area contributed by atoms with Gasteiger partial charge in [0.25, 0.3) is 5.91 Å². The quantitative estimate of drug-likeness (QED) is 0.538. The summed E-state index contributed by atoms with van der Waals surface area (Å²) in [6, 6.07) is 14.6. The Bertz CT molecular complexity index is 951. The molecule has 0 fully saturated rings. The minimum absolute atomic E-state index is 0.248. The normalized spacial score (nSPS) is 11.0. The van der Waals surface area contributed by atoms with Gasteiger partial charge >= 0.3 is 5.97 Å². The Labute approximate surface area is 145 Å². The highest BCUT2D eigenvalue weighted by atomic mass is 16.5. The minimum Gasteiger partial charge on any atom is -0.497 e. The molecule has 0 spiro atoms. The predicted octanol–water partition coefficient (Wildman–Crippen LogP) is 3.79. The molecule has 0 bridgehead atoms. The molecular weight excluding hydrogens is 318 g/mol. The average molecular weight is 335 g/mol. The van der Waals surface area contributed by atoms with Crippen LogP contribution in [0, 0.1) is 0 Å². The summed E-state index contributed by atoms with van der Waals surface area (Å²) in [5.74, 6) is 0.0339. The van der Waals surface area contributed by atoms with Gasteiger partial charge in [0.15, 0.2) is 0 Å². The smallest absolute Gasteiger partial charge is 0.340 e. The second-order valence-corrected chi connectivity index (χ2v) is 5.37. The molecule has 25 heavy (non-hydrogen) atoms. The van der Waals surface area contributed by atoms with Crippen LogP contribution in [0.3, 0.4) is 0 Å². The molecule has 0 aliphatic carbocycles. The van der Waals surface area contributed by atoms with Crippen LogP contribution in [0.5, 0.6) is 5.75 Å². The van der Waals surface area contributed by atoms with Crippen LogP contribution in [0.15, 0.2) is 60.8 Å². The first kappa shape index (κ1) is 16.5. The van der Waals surface area contributed by atoms with E-state index in [1.807, 2.05) is 36.4 Å². The van der Waals surface area contributed by atoms with E-state index in [0.29, 0.717) is 16.5 Å². The maximum Gasteiger partial charge on any atom is 0.340 e. The summed E-state index contributed by atoms with van der Waals surface area (Å²) in [5.41, 5.74) is 1.90. The van der Waals surface area contributed by atoms with Crippen molar-refractivity contribution in [2.75, 3.05) is 14.2 Å². The Hall–Kier alpha value is -3.34. The fraction of sp³-hybridized carbons (Fsp3) is 0.100. The lowest BCUT2D eigenvalue weighted by Gasteiger charge is -2.00. The molecule has 5 nitrogen and oxygen atoms in total. The van der Waals surface area contributed by atoms with Crippen LogP contribution in [-0.2, 0) is 4.74 Å². The van der Waals surface area contributed by atoms with Crippen molar-refractivity contribution in [3.63, 3.8) is 0 Å².